The Morgan fingerprint density at radius 3 is 2.00 bits per heavy atom. The molecule has 0 saturated carbocycles. The molecule has 45 valence electrons. The maximum absolute atomic E-state index is 9.56. The molecular formula is C2H6CeO4S+3. The SMILES string of the molecule is CCOS(=O)(=O)O.[Ce+3]. The summed E-state index contributed by atoms with van der Waals surface area (Å²) < 4.78 is 30.7. The van der Waals surface area contributed by atoms with Crippen LogP contribution in [0.1, 0.15) is 6.92 Å². The van der Waals surface area contributed by atoms with Crippen molar-refractivity contribution in [2.24, 2.45) is 0 Å². The van der Waals surface area contributed by atoms with Gasteiger partial charge in [-0.05, 0) is 6.92 Å². The molecule has 0 aliphatic carbocycles. The first-order chi connectivity index (χ1) is 3.06. The summed E-state index contributed by atoms with van der Waals surface area (Å²) in [6.45, 7) is 1.44. The van der Waals surface area contributed by atoms with Gasteiger partial charge in [-0.1, -0.05) is 0 Å². The maximum Gasteiger partial charge on any atom is 3.00 e. The molecule has 0 aromatic carbocycles. The van der Waals surface area contributed by atoms with E-state index in [1.807, 2.05) is 0 Å². The van der Waals surface area contributed by atoms with Gasteiger partial charge < -0.3 is 0 Å². The first-order valence-electron chi connectivity index (χ1n) is 1.68. The van der Waals surface area contributed by atoms with Crippen molar-refractivity contribution in [1.29, 1.82) is 0 Å². The van der Waals surface area contributed by atoms with Gasteiger partial charge in [0.05, 0.1) is 6.61 Å². The molecule has 1 radical (unpaired) electrons. The summed E-state index contributed by atoms with van der Waals surface area (Å²) >= 11 is 0. The molecule has 0 aromatic rings. The van der Waals surface area contributed by atoms with Crippen LogP contribution in [-0.2, 0) is 14.6 Å². The van der Waals surface area contributed by atoms with Crippen LogP contribution in [0.25, 0.3) is 0 Å². The van der Waals surface area contributed by atoms with Crippen LogP contribution in [-0.4, -0.2) is 19.6 Å². The van der Waals surface area contributed by atoms with Crippen LogP contribution in [0.5, 0.6) is 0 Å². The minimum atomic E-state index is -4.17. The Hall–Kier alpha value is 1.25. The zero-order valence-electron chi connectivity index (χ0n) is 4.29. The molecular weight excluding hydrogens is 260 g/mol. The molecule has 4 nitrogen and oxygen atoms in total. The van der Waals surface area contributed by atoms with Gasteiger partial charge in [-0.3, -0.25) is 4.55 Å². The minimum Gasteiger partial charge on any atom is -0.264 e. The van der Waals surface area contributed by atoms with E-state index < -0.39 is 10.4 Å². The van der Waals surface area contributed by atoms with Gasteiger partial charge in [-0.25, -0.2) is 4.18 Å². The maximum atomic E-state index is 9.56. The van der Waals surface area contributed by atoms with Crippen molar-refractivity contribution in [3.63, 3.8) is 0 Å². The molecule has 0 unspecified atom stereocenters. The van der Waals surface area contributed by atoms with E-state index in [2.05, 4.69) is 4.18 Å². The van der Waals surface area contributed by atoms with Crippen molar-refractivity contribution >= 4 is 10.4 Å². The molecule has 0 amide bonds. The second-order valence-corrected chi connectivity index (χ2v) is 1.93. The summed E-state index contributed by atoms with van der Waals surface area (Å²) in [5.41, 5.74) is 0. The number of hydrogen-bond acceptors (Lipinski definition) is 3. The second-order valence-electron chi connectivity index (χ2n) is 0.834. The Balaban J connectivity index is 0. The third kappa shape index (κ3) is 10.3. The van der Waals surface area contributed by atoms with Crippen molar-refractivity contribution in [2.75, 3.05) is 6.61 Å². The Labute approximate surface area is 81.9 Å². The third-order valence-corrected chi connectivity index (χ3v) is 0.800. The fourth-order valence-corrected chi connectivity index (χ4v) is 0.447. The smallest absolute Gasteiger partial charge is 0.264 e. The van der Waals surface area contributed by atoms with Crippen molar-refractivity contribution in [3.05, 3.63) is 0 Å². The van der Waals surface area contributed by atoms with Gasteiger partial charge in [0, 0.05) is 0 Å². The molecule has 0 aromatic heterocycles. The average molecular weight is 266 g/mol. The van der Waals surface area contributed by atoms with Gasteiger partial charge >= 0.3 is 52.1 Å². The molecule has 0 spiro atoms. The average Bonchev–Trinajstić information content (AvgIpc) is 1.30. The first-order valence-corrected chi connectivity index (χ1v) is 3.04. The Bertz CT molecular complexity index is 127. The van der Waals surface area contributed by atoms with E-state index in [9.17, 15) is 8.42 Å². The summed E-state index contributed by atoms with van der Waals surface area (Å²) in [5.74, 6) is 0. The minimum absolute atomic E-state index is 0. The zero-order valence-corrected chi connectivity index (χ0v) is 8.24. The molecule has 0 rings (SSSR count). The van der Waals surface area contributed by atoms with Gasteiger partial charge in [0.1, 0.15) is 0 Å². The molecule has 0 aliphatic rings. The van der Waals surface area contributed by atoms with E-state index >= 15 is 0 Å². The predicted molar refractivity (Wildman–Crippen MR) is 23.2 cm³/mol. The molecule has 0 bridgehead atoms. The number of rotatable bonds is 2. The number of hydrogen-bond donors (Lipinski definition) is 1. The third-order valence-electron chi connectivity index (χ3n) is 0.267. The summed E-state index contributed by atoms with van der Waals surface area (Å²) in [7, 11) is -4.17. The van der Waals surface area contributed by atoms with Gasteiger partial charge in [0.25, 0.3) is 0 Å². The summed E-state index contributed by atoms with van der Waals surface area (Å²) in [5, 5.41) is 0. The van der Waals surface area contributed by atoms with Crippen LogP contribution in [0.15, 0.2) is 0 Å². The van der Waals surface area contributed by atoms with Crippen LogP contribution < -0.4 is 0 Å². The normalized spacial score (nSPS) is 10.2. The summed E-state index contributed by atoms with van der Waals surface area (Å²) in [6.07, 6.45) is 0. The van der Waals surface area contributed by atoms with Crippen molar-refractivity contribution in [2.45, 2.75) is 6.92 Å². The molecule has 0 fully saturated rings. The molecule has 8 heavy (non-hydrogen) atoms. The molecule has 0 aliphatic heterocycles. The van der Waals surface area contributed by atoms with Crippen LogP contribution in [0.4, 0.5) is 0 Å². The zero-order chi connectivity index (χ0) is 5.91. The van der Waals surface area contributed by atoms with Crippen molar-refractivity contribution in [1.82, 2.24) is 0 Å². The monoisotopic (exact) mass is 266 g/mol. The van der Waals surface area contributed by atoms with E-state index in [0.717, 1.165) is 0 Å². The summed E-state index contributed by atoms with van der Waals surface area (Å²) in [4.78, 5) is 0. The molecule has 0 saturated heterocycles. The van der Waals surface area contributed by atoms with Gasteiger partial charge in [-0.15, -0.1) is 0 Å². The van der Waals surface area contributed by atoms with Gasteiger partial charge in [0.2, 0.25) is 0 Å². The van der Waals surface area contributed by atoms with Gasteiger partial charge in [0.15, 0.2) is 0 Å². The second kappa shape index (κ2) is 5.07. The largest absolute Gasteiger partial charge is 3.00 e. The van der Waals surface area contributed by atoms with Crippen molar-refractivity contribution < 1.29 is 58.9 Å². The topological polar surface area (TPSA) is 63.6 Å². The standard InChI is InChI=1S/C2H6O4S.Ce/c1-2-6-7(3,4)5;/h2H2,1H3,(H,3,4,5);/q;+3. The fourth-order valence-electron chi connectivity index (χ4n) is 0.149. The van der Waals surface area contributed by atoms with E-state index in [-0.39, 0.29) is 48.4 Å². The summed E-state index contributed by atoms with van der Waals surface area (Å²) in [6, 6.07) is 0. The van der Waals surface area contributed by atoms with Gasteiger partial charge in [-0.2, -0.15) is 8.42 Å². The van der Waals surface area contributed by atoms with E-state index in [1.165, 1.54) is 6.92 Å². The van der Waals surface area contributed by atoms with E-state index in [0.29, 0.717) is 0 Å². The Morgan fingerprint density at radius 2 is 2.00 bits per heavy atom. The van der Waals surface area contributed by atoms with Crippen molar-refractivity contribution in [3.8, 4) is 0 Å². The molecule has 6 heteroatoms. The molecule has 1 N–H and O–H groups in total. The predicted octanol–water partition coefficient (Wildman–Crippen LogP) is -0.174. The Kier molecular flexibility index (Phi) is 7.58. The quantitative estimate of drug-likeness (QED) is 0.705. The van der Waals surface area contributed by atoms with E-state index in [4.69, 9.17) is 4.55 Å². The fraction of sp³-hybridized carbons (Fsp3) is 1.00. The first kappa shape index (κ1) is 12.0. The van der Waals surface area contributed by atoms with Crippen LogP contribution >= 0.6 is 0 Å². The van der Waals surface area contributed by atoms with Crippen LogP contribution in [0.2, 0.25) is 0 Å². The van der Waals surface area contributed by atoms with E-state index in [1.54, 1.807) is 0 Å². The molecule has 0 atom stereocenters. The molecule has 0 heterocycles. The Morgan fingerprint density at radius 1 is 1.62 bits per heavy atom. The van der Waals surface area contributed by atoms with Crippen LogP contribution in [0, 0.1) is 41.7 Å². The van der Waals surface area contributed by atoms with Crippen LogP contribution in [0.3, 0.4) is 0 Å².